The number of halogens is 4. The molecule has 1 heterocycles. The Kier molecular flexibility index (Phi) is 7.94. The molecule has 11 heteroatoms. The van der Waals surface area contributed by atoms with Crippen molar-refractivity contribution < 1.29 is 37.0 Å². The lowest BCUT2D eigenvalue weighted by molar-refractivity contribution is -0.192. The minimum Gasteiger partial charge on any atom is -0.494 e. The molecule has 2 N–H and O–H groups in total. The average Bonchev–Trinajstić information content (AvgIpc) is 3.13. The second-order valence-electron chi connectivity index (χ2n) is 6.37. The van der Waals surface area contributed by atoms with E-state index in [2.05, 4.69) is 10.3 Å². The van der Waals surface area contributed by atoms with E-state index in [1.54, 1.807) is 6.20 Å². The molecule has 3 aromatic rings. The van der Waals surface area contributed by atoms with E-state index < -0.39 is 18.0 Å². The first-order valence-electron chi connectivity index (χ1n) is 9.03. The number of hydrogen-bond acceptors (Lipinski definition) is 4. The maximum Gasteiger partial charge on any atom is 0.490 e. The van der Waals surface area contributed by atoms with Crippen LogP contribution in [0.4, 0.5) is 23.2 Å². The highest BCUT2D eigenvalue weighted by Gasteiger charge is 2.38. The number of ether oxygens (including phenoxy) is 1. The van der Waals surface area contributed by atoms with Gasteiger partial charge in [-0.05, 0) is 36.8 Å². The smallest absolute Gasteiger partial charge is 0.490 e. The van der Waals surface area contributed by atoms with E-state index in [4.69, 9.17) is 14.6 Å². The fraction of sp³-hybridized carbons (Fsp3) is 0.190. The third kappa shape index (κ3) is 6.56. The van der Waals surface area contributed by atoms with Gasteiger partial charge in [0.2, 0.25) is 0 Å². The molecular formula is C21H19F4N3O4. The molecule has 0 saturated heterocycles. The lowest BCUT2D eigenvalue weighted by atomic mass is 10.1. The molecule has 32 heavy (non-hydrogen) atoms. The molecule has 170 valence electrons. The number of amides is 1. The number of benzene rings is 2. The standard InChI is InChI=1S/C19H18FN3O2.C2HF3O2/c1-13-21-9-10-23(13)12-15-5-3-4-6-17(15)22-19(24)14-7-8-18(25-2)16(20)11-14;3-2(4,5)1(6)7/h3-11H,12H2,1-2H3,(H,22,24);(H,6,7). The predicted molar refractivity (Wildman–Crippen MR) is 107 cm³/mol. The van der Waals surface area contributed by atoms with E-state index in [0.717, 1.165) is 17.5 Å². The Bertz CT molecular complexity index is 1100. The molecule has 0 aliphatic rings. The number of carboxylic acid groups (broad SMARTS) is 1. The molecule has 0 aliphatic carbocycles. The molecule has 1 aromatic heterocycles. The van der Waals surface area contributed by atoms with Crippen LogP contribution >= 0.6 is 0 Å². The number of imidazole rings is 1. The number of aromatic nitrogens is 2. The van der Waals surface area contributed by atoms with E-state index >= 15 is 0 Å². The Morgan fingerprint density at radius 2 is 1.84 bits per heavy atom. The lowest BCUT2D eigenvalue weighted by Gasteiger charge is -2.13. The van der Waals surface area contributed by atoms with E-state index in [-0.39, 0.29) is 17.2 Å². The summed E-state index contributed by atoms with van der Waals surface area (Å²) in [7, 11) is 1.38. The molecular weight excluding hydrogens is 434 g/mol. The number of hydrogen-bond donors (Lipinski definition) is 2. The predicted octanol–water partition coefficient (Wildman–Crippen LogP) is 4.27. The van der Waals surface area contributed by atoms with E-state index in [0.29, 0.717) is 12.2 Å². The summed E-state index contributed by atoms with van der Waals surface area (Å²) in [6.07, 6.45) is -1.47. The number of rotatable bonds is 5. The van der Waals surface area contributed by atoms with Crippen LogP contribution < -0.4 is 10.1 Å². The van der Waals surface area contributed by atoms with Gasteiger partial charge in [-0.3, -0.25) is 4.79 Å². The molecule has 1 amide bonds. The first-order valence-corrected chi connectivity index (χ1v) is 9.03. The Labute approximate surface area is 180 Å². The van der Waals surface area contributed by atoms with Gasteiger partial charge in [-0.1, -0.05) is 18.2 Å². The van der Waals surface area contributed by atoms with Crippen LogP contribution in [-0.4, -0.2) is 39.8 Å². The second-order valence-corrected chi connectivity index (χ2v) is 6.37. The van der Waals surface area contributed by atoms with Crippen LogP contribution in [0.25, 0.3) is 0 Å². The fourth-order valence-corrected chi connectivity index (χ4v) is 2.54. The highest BCUT2D eigenvalue weighted by molar-refractivity contribution is 6.04. The first kappa shape index (κ1) is 24.4. The first-order chi connectivity index (χ1) is 15.0. The van der Waals surface area contributed by atoms with Gasteiger partial charge < -0.3 is 19.7 Å². The number of para-hydroxylation sites is 1. The van der Waals surface area contributed by atoms with E-state index in [1.807, 2.05) is 42.0 Å². The molecule has 0 atom stereocenters. The maximum atomic E-state index is 13.8. The number of carboxylic acids is 1. The maximum absolute atomic E-state index is 13.8. The third-order valence-corrected chi connectivity index (χ3v) is 4.19. The number of carbonyl (C=O) groups excluding carboxylic acids is 1. The summed E-state index contributed by atoms with van der Waals surface area (Å²) in [5.74, 6) is -2.72. The molecule has 3 rings (SSSR count). The van der Waals surface area contributed by atoms with Gasteiger partial charge in [-0.2, -0.15) is 13.2 Å². The Hall–Kier alpha value is -3.89. The molecule has 0 bridgehead atoms. The fourth-order valence-electron chi connectivity index (χ4n) is 2.54. The molecule has 0 saturated carbocycles. The van der Waals surface area contributed by atoms with Crippen molar-refractivity contribution >= 4 is 17.6 Å². The molecule has 0 spiro atoms. The summed E-state index contributed by atoms with van der Waals surface area (Å²) in [4.78, 5) is 25.5. The van der Waals surface area contributed by atoms with Crippen LogP contribution in [0.2, 0.25) is 0 Å². The molecule has 2 aromatic carbocycles. The Morgan fingerprint density at radius 1 is 1.19 bits per heavy atom. The number of methoxy groups -OCH3 is 1. The van der Waals surface area contributed by atoms with Crippen LogP contribution in [-0.2, 0) is 11.3 Å². The van der Waals surface area contributed by atoms with Crippen molar-refractivity contribution in [2.45, 2.75) is 19.6 Å². The highest BCUT2D eigenvalue weighted by Crippen LogP contribution is 2.21. The van der Waals surface area contributed by atoms with Crippen molar-refractivity contribution in [2.24, 2.45) is 0 Å². The number of alkyl halides is 3. The molecule has 0 unspecified atom stereocenters. The number of aliphatic carboxylic acids is 1. The SMILES string of the molecule is COc1ccc(C(=O)Nc2ccccc2Cn2ccnc2C)cc1F.O=C(O)C(F)(F)F. The highest BCUT2D eigenvalue weighted by atomic mass is 19.4. The zero-order valence-corrected chi connectivity index (χ0v) is 17.0. The zero-order valence-electron chi connectivity index (χ0n) is 17.0. The minimum atomic E-state index is -5.08. The summed E-state index contributed by atoms with van der Waals surface area (Å²) in [5.41, 5.74) is 1.84. The van der Waals surface area contributed by atoms with Gasteiger partial charge in [0.1, 0.15) is 5.82 Å². The largest absolute Gasteiger partial charge is 0.494 e. The van der Waals surface area contributed by atoms with Crippen LogP contribution in [0.1, 0.15) is 21.7 Å². The third-order valence-electron chi connectivity index (χ3n) is 4.19. The van der Waals surface area contributed by atoms with Crippen LogP contribution in [0, 0.1) is 12.7 Å². The quantitative estimate of drug-likeness (QED) is 0.563. The normalized spacial score (nSPS) is 10.7. The van der Waals surface area contributed by atoms with Crippen molar-refractivity contribution in [1.82, 2.24) is 9.55 Å². The van der Waals surface area contributed by atoms with Gasteiger partial charge >= 0.3 is 12.1 Å². The summed E-state index contributed by atoms with van der Waals surface area (Å²) >= 11 is 0. The molecule has 0 radical (unpaired) electrons. The van der Waals surface area contributed by atoms with Gasteiger partial charge in [0.25, 0.3) is 5.91 Å². The van der Waals surface area contributed by atoms with Crippen molar-refractivity contribution in [3.8, 4) is 5.75 Å². The van der Waals surface area contributed by atoms with Crippen molar-refractivity contribution in [3.63, 3.8) is 0 Å². The van der Waals surface area contributed by atoms with Crippen LogP contribution in [0.15, 0.2) is 54.9 Å². The van der Waals surface area contributed by atoms with E-state index in [1.165, 1.54) is 19.2 Å². The summed E-state index contributed by atoms with van der Waals surface area (Å²) in [5, 5.41) is 9.97. The number of anilines is 1. The topological polar surface area (TPSA) is 93.5 Å². The minimum absolute atomic E-state index is 0.104. The van der Waals surface area contributed by atoms with Crippen molar-refractivity contribution in [1.29, 1.82) is 0 Å². The summed E-state index contributed by atoms with van der Waals surface area (Å²) in [6.45, 7) is 2.50. The number of nitrogens with zero attached hydrogens (tertiary/aromatic N) is 2. The second kappa shape index (κ2) is 10.4. The lowest BCUT2D eigenvalue weighted by Crippen LogP contribution is -2.21. The number of nitrogens with one attached hydrogen (secondary N) is 1. The monoisotopic (exact) mass is 453 g/mol. The van der Waals surface area contributed by atoms with Crippen molar-refractivity contribution in [3.05, 3.63) is 77.6 Å². The zero-order chi connectivity index (χ0) is 23.9. The van der Waals surface area contributed by atoms with Crippen molar-refractivity contribution in [2.75, 3.05) is 12.4 Å². The van der Waals surface area contributed by atoms with Gasteiger partial charge in [-0.15, -0.1) is 0 Å². The number of aryl methyl sites for hydroxylation is 1. The van der Waals surface area contributed by atoms with Crippen LogP contribution in [0.5, 0.6) is 5.75 Å². The Morgan fingerprint density at radius 3 is 2.38 bits per heavy atom. The van der Waals surface area contributed by atoms with Gasteiger partial charge in [0.15, 0.2) is 11.6 Å². The molecule has 7 nitrogen and oxygen atoms in total. The summed E-state index contributed by atoms with van der Waals surface area (Å²) in [6, 6.07) is 11.6. The number of carbonyl (C=O) groups is 2. The molecule has 0 fully saturated rings. The summed E-state index contributed by atoms with van der Waals surface area (Å²) < 4.78 is 52.4. The van der Waals surface area contributed by atoms with Gasteiger partial charge in [0, 0.05) is 23.6 Å². The Balaban J connectivity index is 0.000000451. The van der Waals surface area contributed by atoms with Crippen LogP contribution in [0.3, 0.4) is 0 Å². The van der Waals surface area contributed by atoms with Gasteiger partial charge in [-0.25, -0.2) is 14.2 Å². The average molecular weight is 453 g/mol. The van der Waals surface area contributed by atoms with Gasteiger partial charge in [0.05, 0.1) is 13.7 Å². The van der Waals surface area contributed by atoms with E-state index in [9.17, 15) is 22.4 Å². The molecule has 0 aliphatic heterocycles.